The molecule has 0 fully saturated rings. The summed E-state index contributed by atoms with van der Waals surface area (Å²) in [5, 5.41) is 13.1. The van der Waals surface area contributed by atoms with E-state index in [-0.39, 0.29) is 11.9 Å². The Labute approximate surface area is 105 Å². The van der Waals surface area contributed by atoms with Crippen molar-refractivity contribution in [3.63, 3.8) is 0 Å². The van der Waals surface area contributed by atoms with E-state index in [1.54, 1.807) is 18.4 Å². The molecule has 0 aliphatic carbocycles. The number of hydrogen-bond donors (Lipinski definition) is 2. The molecular weight excluding hydrogens is 233 g/mol. The molecule has 0 amide bonds. The molecule has 0 bridgehead atoms. The topological polar surface area (TPSA) is 45.4 Å². The van der Waals surface area contributed by atoms with E-state index in [2.05, 4.69) is 5.32 Å². The fourth-order valence-electron chi connectivity index (χ4n) is 1.73. The molecule has 2 aromatic rings. The van der Waals surface area contributed by atoms with Gasteiger partial charge in [-0.15, -0.1) is 0 Å². The highest BCUT2D eigenvalue weighted by Crippen LogP contribution is 2.16. The van der Waals surface area contributed by atoms with Crippen molar-refractivity contribution in [3.8, 4) is 0 Å². The fourth-order valence-corrected chi connectivity index (χ4v) is 1.73. The van der Waals surface area contributed by atoms with Gasteiger partial charge in [0.15, 0.2) is 0 Å². The summed E-state index contributed by atoms with van der Waals surface area (Å²) in [5.41, 5.74) is 0.690. The monoisotopic (exact) mass is 249 g/mol. The Kier molecular flexibility index (Phi) is 4.12. The molecule has 0 saturated carbocycles. The van der Waals surface area contributed by atoms with Gasteiger partial charge in [0.05, 0.1) is 18.4 Å². The van der Waals surface area contributed by atoms with Crippen LogP contribution in [0.2, 0.25) is 0 Å². The van der Waals surface area contributed by atoms with Gasteiger partial charge in [-0.2, -0.15) is 0 Å². The summed E-state index contributed by atoms with van der Waals surface area (Å²) in [4.78, 5) is 0. The van der Waals surface area contributed by atoms with Crippen molar-refractivity contribution in [1.29, 1.82) is 0 Å². The smallest absolute Gasteiger partial charge is 0.123 e. The standard InChI is InChI=1S/C14H16FNO2/c1-10(14-3-2-8-18-14)16-9-13(17)11-4-6-12(15)7-5-11/h2-8,10,13,16-17H,9H2,1H3/t10-,13?/m0/s1. The van der Waals surface area contributed by atoms with Crippen molar-refractivity contribution in [2.24, 2.45) is 0 Å². The molecule has 3 nitrogen and oxygen atoms in total. The molecule has 1 aromatic carbocycles. The number of hydrogen-bond acceptors (Lipinski definition) is 3. The molecule has 0 aliphatic rings. The minimum atomic E-state index is -0.664. The zero-order valence-corrected chi connectivity index (χ0v) is 10.1. The molecule has 1 aromatic heterocycles. The van der Waals surface area contributed by atoms with E-state index in [4.69, 9.17) is 4.42 Å². The lowest BCUT2D eigenvalue weighted by atomic mass is 10.1. The first-order valence-corrected chi connectivity index (χ1v) is 5.87. The van der Waals surface area contributed by atoms with Gasteiger partial charge < -0.3 is 14.8 Å². The van der Waals surface area contributed by atoms with Gasteiger partial charge >= 0.3 is 0 Å². The number of nitrogens with one attached hydrogen (secondary N) is 1. The molecule has 0 radical (unpaired) electrons. The van der Waals surface area contributed by atoms with Crippen LogP contribution in [0.25, 0.3) is 0 Å². The van der Waals surface area contributed by atoms with E-state index >= 15 is 0 Å². The van der Waals surface area contributed by atoms with E-state index in [0.717, 1.165) is 5.76 Å². The predicted molar refractivity (Wildman–Crippen MR) is 66.5 cm³/mol. The van der Waals surface area contributed by atoms with Crippen molar-refractivity contribution in [2.45, 2.75) is 19.1 Å². The quantitative estimate of drug-likeness (QED) is 0.856. The van der Waals surface area contributed by atoms with E-state index in [9.17, 15) is 9.50 Å². The Morgan fingerprint density at radius 2 is 2.00 bits per heavy atom. The van der Waals surface area contributed by atoms with Crippen LogP contribution in [0.15, 0.2) is 47.1 Å². The van der Waals surface area contributed by atoms with Crippen LogP contribution in [0.4, 0.5) is 4.39 Å². The van der Waals surface area contributed by atoms with Gasteiger partial charge in [0, 0.05) is 6.54 Å². The van der Waals surface area contributed by atoms with Crippen LogP contribution < -0.4 is 5.32 Å². The molecule has 4 heteroatoms. The summed E-state index contributed by atoms with van der Waals surface area (Å²) in [6.45, 7) is 2.34. The van der Waals surface area contributed by atoms with E-state index in [0.29, 0.717) is 12.1 Å². The molecular formula is C14H16FNO2. The van der Waals surface area contributed by atoms with Crippen LogP contribution >= 0.6 is 0 Å². The summed E-state index contributed by atoms with van der Waals surface area (Å²) in [5.74, 6) is 0.518. The van der Waals surface area contributed by atoms with Gasteiger partial charge in [0.1, 0.15) is 11.6 Å². The van der Waals surface area contributed by atoms with Crippen molar-refractivity contribution < 1.29 is 13.9 Å². The second kappa shape index (κ2) is 5.80. The van der Waals surface area contributed by atoms with E-state index < -0.39 is 6.10 Å². The normalized spacial score (nSPS) is 14.4. The number of aliphatic hydroxyl groups excluding tert-OH is 1. The number of aliphatic hydroxyl groups is 1. The molecule has 0 spiro atoms. The van der Waals surface area contributed by atoms with E-state index in [1.165, 1.54) is 12.1 Å². The SMILES string of the molecule is C[C@H](NCC(O)c1ccc(F)cc1)c1ccco1. The zero-order valence-electron chi connectivity index (χ0n) is 10.1. The van der Waals surface area contributed by atoms with Crippen molar-refractivity contribution >= 4 is 0 Å². The van der Waals surface area contributed by atoms with Gasteiger partial charge in [-0.3, -0.25) is 0 Å². The second-order valence-corrected chi connectivity index (χ2v) is 4.21. The van der Waals surface area contributed by atoms with Crippen LogP contribution in [-0.4, -0.2) is 11.7 Å². The molecule has 96 valence electrons. The maximum Gasteiger partial charge on any atom is 0.123 e. The average Bonchev–Trinajstić information content (AvgIpc) is 2.90. The van der Waals surface area contributed by atoms with Crippen molar-refractivity contribution in [3.05, 3.63) is 59.8 Å². The molecule has 0 aliphatic heterocycles. The van der Waals surface area contributed by atoms with Crippen LogP contribution in [0, 0.1) is 5.82 Å². The molecule has 18 heavy (non-hydrogen) atoms. The average molecular weight is 249 g/mol. The summed E-state index contributed by atoms with van der Waals surface area (Å²) in [6.07, 6.45) is 0.951. The van der Waals surface area contributed by atoms with Crippen LogP contribution in [0.1, 0.15) is 30.4 Å². The lowest BCUT2D eigenvalue weighted by molar-refractivity contribution is 0.169. The van der Waals surface area contributed by atoms with Gasteiger partial charge in [0.2, 0.25) is 0 Å². The Balaban J connectivity index is 1.88. The maximum absolute atomic E-state index is 12.7. The van der Waals surface area contributed by atoms with Gasteiger partial charge in [-0.05, 0) is 36.8 Å². The number of rotatable bonds is 5. The molecule has 0 saturated heterocycles. The molecule has 2 N–H and O–H groups in total. The third-order valence-electron chi connectivity index (χ3n) is 2.84. The largest absolute Gasteiger partial charge is 0.468 e. The minimum Gasteiger partial charge on any atom is -0.468 e. The predicted octanol–water partition coefficient (Wildman–Crippen LogP) is 2.80. The first-order valence-electron chi connectivity index (χ1n) is 5.87. The Hall–Kier alpha value is -1.65. The van der Waals surface area contributed by atoms with Crippen molar-refractivity contribution in [2.75, 3.05) is 6.54 Å². The van der Waals surface area contributed by atoms with Gasteiger partial charge in [-0.25, -0.2) is 4.39 Å². The van der Waals surface area contributed by atoms with Crippen LogP contribution in [0.5, 0.6) is 0 Å². The van der Waals surface area contributed by atoms with E-state index in [1.807, 2.05) is 19.1 Å². The van der Waals surface area contributed by atoms with Crippen molar-refractivity contribution in [1.82, 2.24) is 5.32 Å². The molecule has 2 atom stereocenters. The van der Waals surface area contributed by atoms with Crippen LogP contribution in [-0.2, 0) is 0 Å². The number of halogens is 1. The number of benzene rings is 1. The highest BCUT2D eigenvalue weighted by molar-refractivity contribution is 5.18. The molecule has 1 unspecified atom stereocenters. The third-order valence-corrected chi connectivity index (χ3v) is 2.84. The number of furan rings is 1. The zero-order chi connectivity index (χ0) is 13.0. The summed E-state index contributed by atoms with van der Waals surface area (Å²) in [7, 11) is 0. The highest BCUT2D eigenvalue weighted by Gasteiger charge is 2.12. The minimum absolute atomic E-state index is 0.0232. The summed E-state index contributed by atoms with van der Waals surface area (Å²) < 4.78 is 18.0. The first-order chi connectivity index (χ1) is 8.66. The molecule has 2 rings (SSSR count). The summed E-state index contributed by atoms with van der Waals surface area (Å²) in [6, 6.07) is 9.57. The highest BCUT2D eigenvalue weighted by atomic mass is 19.1. The maximum atomic E-state index is 12.7. The second-order valence-electron chi connectivity index (χ2n) is 4.21. The fraction of sp³-hybridized carbons (Fsp3) is 0.286. The Morgan fingerprint density at radius 3 is 2.61 bits per heavy atom. The van der Waals surface area contributed by atoms with Gasteiger partial charge in [-0.1, -0.05) is 12.1 Å². The van der Waals surface area contributed by atoms with Crippen LogP contribution in [0.3, 0.4) is 0 Å². The first kappa shape index (κ1) is 12.8. The third kappa shape index (κ3) is 3.18. The Bertz CT molecular complexity index is 467. The Morgan fingerprint density at radius 1 is 1.28 bits per heavy atom. The lowest BCUT2D eigenvalue weighted by Crippen LogP contribution is -2.24. The molecule has 1 heterocycles. The van der Waals surface area contributed by atoms with Gasteiger partial charge in [0.25, 0.3) is 0 Å². The summed E-state index contributed by atoms with van der Waals surface area (Å²) >= 11 is 0. The lowest BCUT2D eigenvalue weighted by Gasteiger charge is -2.15.